The Morgan fingerprint density at radius 1 is 0.875 bits per heavy atom. The molecule has 0 spiro atoms. The zero-order valence-electron chi connectivity index (χ0n) is 23.3. The molecule has 0 aromatic heterocycles. The van der Waals surface area contributed by atoms with Crippen LogP contribution in [0.5, 0.6) is 11.5 Å². The van der Waals surface area contributed by atoms with Crippen LogP contribution in [0.15, 0.2) is 30.9 Å². The lowest BCUT2D eigenvalue weighted by molar-refractivity contribution is -0.159. The highest BCUT2D eigenvalue weighted by Crippen LogP contribution is 2.33. The molecule has 10 nitrogen and oxygen atoms in total. The van der Waals surface area contributed by atoms with Crippen LogP contribution in [0, 0.1) is 23.7 Å². The number of carbonyl (C=O) groups excluding carboxylic acids is 5. The topological polar surface area (TPSA) is 132 Å². The molecule has 1 unspecified atom stereocenters. The summed E-state index contributed by atoms with van der Waals surface area (Å²) in [6, 6.07) is 4.25. The number of methoxy groups -OCH3 is 1. The molecule has 1 aromatic rings. The SMILES string of the molecule is C=CC(=O)OC(C)COC(=O)C1CCC(C(=O)Oc2ccc(OC(=O)C3CCC(C)CC3)cc2C(=O)OC)CC1. The summed E-state index contributed by atoms with van der Waals surface area (Å²) in [5.41, 5.74) is -0.0260. The van der Waals surface area contributed by atoms with Gasteiger partial charge in [0.05, 0.1) is 24.9 Å². The lowest BCUT2D eigenvalue weighted by atomic mass is 9.82. The smallest absolute Gasteiger partial charge is 0.341 e. The van der Waals surface area contributed by atoms with Crippen molar-refractivity contribution in [2.75, 3.05) is 13.7 Å². The van der Waals surface area contributed by atoms with Crippen molar-refractivity contribution < 1.29 is 47.7 Å². The summed E-state index contributed by atoms with van der Waals surface area (Å²) < 4.78 is 26.2. The maximum atomic E-state index is 12.9. The molecule has 0 bridgehead atoms. The maximum Gasteiger partial charge on any atom is 0.341 e. The van der Waals surface area contributed by atoms with Crippen molar-refractivity contribution >= 4 is 29.8 Å². The molecule has 1 aromatic carbocycles. The average Bonchev–Trinajstić information content (AvgIpc) is 2.96. The minimum absolute atomic E-state index is 0.00716. The van der Waals surface area contributed by atoms with Gasteiger partial charge in [0.2, 0.25) is 0 Å². The first-order chi connectivity index (χ1) is 19.1. The second-order valence-corrected chi connectivity index (χ2v) is 10.6. The molecule has 218 valence electrons. The van der Waals surface area contributed by atoms with E-state index in [-0.39, 0.29) is 41.5 Å². The van der Waals surface area contributed by atoms with E-state index >= 15 is 0 Å². The van der Waals surface area contributed by atoms with Crippen LogP contribution in [0.1, 0.15) is 75.6 Å². The van der Waals surface area contributed by atoms with E-state index in [0.717, 1.165) is 31.8 Å². The molecule has 0 N–H and O–H groups in total. The highest BCUT2D eigenvalue weighted by Gasteiger charge is 2.33. The van der Waals surface area contributed by atoms with Crippen LogP contribution in [-0.4, -0.2) is 49.7 Å². The Labute approximate surface area is 234 Å². The number of esters is 5. The molecule has 0 saturated heterocycles. The third-order valence-corrected chi connectivity index (χ3v) is 7.47. The fraction of sp³-hybridized carbons (Fsp3) is 0.567. The fourth-order valence-electron chi connectivity index (χ4n) is 4.98. The molecule has 10 heteroatoms. The summed E-state index contributed by atoms with van der Waals surface area (Å²) in [4.78, 5) is 61.6. The molecule has 0 radical (unpaired) electrons. The Morgan fingerprint density at radius 2 is 1.43 bits per heavy atom. The molecule has 2 aliphatic carbocycles. The quantitative estimate of drug-likeness (QED) is 0.174. The van der Waals surface area contributed by atoms with E-state index in [4.69, 9.17) is 23.7 Å². The number of carbonyl (C=O) groups is 5. The number of ether oxygens (including phenoxy) is 5. The summed E-state index contributed by atoms with van der Waals surface area (Å²) in [5.74, 6) is -2.84. The van der Waals surface area contributed by atoms with Gasteiger partial charge in [-0.15, -0.1) is 0 Å². The molecule has 1 atom stereocenters. The summed E-state index contributed by atoms with van der Waals surface area (Å²) in [5, 5.41) is 0. The van der Waals surface area contributed by atoms with Gasteiger partial charge in [0.15, 0.2) is 0 Å². The first kappa shape index (κ1) is 30.8. The summed E-state index contributed by atoms with van der Waals surface area (Å²) >= 11 is 0. The molecule has 2 aliphatic rings. The molecule has 40 heavy (non-hydrogen) atoms. The van der Waals surface area contributed by atoms with Crippen molar-refractivity contribution in [3.8, 4) is 11.5 Å². The number of hydrogen-bond donors (Lipinski definition) is 0. The first-order valence-electron chi connectivity index (χ1n) is 13.8. The lowest BCUT2D eigenvalue weighted by Crippen LogP contribution is -2.31. The lowest BCUT2D eigenvalue weighted by Gasteiger charge is -2.26. The Hall–Kier alpha value is -3.69. The van der Waals surface area contributed by atoms with Crippen LogP contribution >= 0.6 is 0 Å². The van der Waals surface area contributed by atoms with Gasteiger partial charge in [-0.25, -0.2) is 9.59 Å². The molecule has 0 amide bonds. The van der Waals surface area contributed by atoms with Crippen LogP contribution in [0.2, 0.25) is 0 Å². The number of benzene rings is 1. The van der Waals surface area contributed by atoms with Gasteiger partial charge in [0.25, 0.3) is 0 Å². The number of rotatable bonds is 10. The summed E-state index contributed by atoms with van der Waals surface area (Å²) in [6.45, 7) is 7.03. The standard InChI is InChI=1S/C30H38O10/c1-5-26(31)38-19(3)17-37-27(32)20-10-12-22(13-11-20)29(34)40-25-15-14-23(16-24(25)30(35)36-4)39-28(33)21-8-6-18(2)7-9-21/h5,14-16,18-22H,1,6-13,17H2,2-4H3. The van der Waals surface area contributed by atoms with Gasteiger partial charge in [-0.2, -0.15) is 0 Å². The van der Waals surface area contributed by atoms with Crippen LogP contribution in [0.25, 0.3) is 0 Å². The Morgan fingerprint density at radius 3 is 2.00 bits per heavy atom. The van der Waals surface area contributed by atoms with E-state index in [1.807, 2.05) is 0 Å². The van der Waals surface area contributed by atoms with E-state index in [0.29, 0.717) is 31.6 Å². The van der Waals surface area contributed by atoms with Crippen LogP contribution in [-0.2, 0) is 33.4 Å². The predicted octanol–water partition coefficient (Wildman–Crippen LogP) is 4.58. The van der Waals surface area contributed by atoms with Crippen LogP contribution in [0.4, 0.5) is 0 Å². The van der Waals surface area contributed by atoms with Crippen LogP contribution in [0.3, 0.4) is 0 Å². The van der Waals surface area contributed by atoms with Crippen molar-refractivity contribution in [3.05, 3.63) is 36.4 Å². The molecule has 2 saturated carbocycles. The maximum absolute atomic E-state index is 12.9. The minimum Gasteiger partial charge on any atom is -0.465 e. The van der Waals surface area contributed by atoms with E-state index in [2.05, 4.69) is 13.5 Å². The van der Waals surface area contributed by atoms with Gasteiger partial charge in [-0.3, -0.25) is 14.4 Å². The third-order valence-electron chi connectivity index (χ3n) is 7.47. The normalized spacial score (nSPS) is 23.2. The number of hydrogen-bond acceptors (Lipinski definition) is 10. The molecule has 0 heterocycles. The largest absolute Gasteiger partial charge is 0.465 e. The van der Waals surface area contributed by atoms with Crippen molar-refractivity contribution in [2.45, 2.75) is 71.3 Å². The monoisotopic (exact) mass is 558 g/mol. The van der Waals surface area contributed by atoms with Gasteiger partial charge in [-0.1, -0.05) is 13.5 Å². The third kappa shape index (κ3) is 8.66. The highest BCUT2D eigenvalue weighted by molar-refractivity contribution is 5.94. The summed E-state index contributed by atoms with van der Waals surface area (Å²) in [6.07, 6.45) is 5.58. The molecule has 2 fully saturated rings. The van der Waals surface area contributed by atoms with E-state index < -0.39 is 35.9 Å². The average molecular weight is 559 g/mol. The Bertz CT molecular complexity index is 1090. The van der Waals surface area contributed by atoms with Crippen LogP contribution < -0.4 is 9.47 Å². The van der Waals surface area contributed by atoms with E-state index in [9.17, 15) is 24.0 Å². The van der Waals surface area contributed by atoms with Gasteiger partial charge >= 0.3 is 29.8 Å². The first-order valence-corrected chi connectivity index (χ1v) is 13.8. The van der Waals surface area contributed by atoms with Crippen molar-refractivity contribution in [1.29, 1.82) is 0 Å². The van der Waals surface area contributed by atoms with Gasteiger partial charge < -0.3 is 23.7 Å². The second-order valence-electron chi connectivity index (χ2n) is 10.6. The van der Waals surface area contributed by atoms with Crippen molar-refractivity contribution in [3.63, 3.8) is 0 Å². The molecule has 3 rings (SSSR count). The van der Waals surface area contributed by atoms with Crippen molar-refractivity contribution in [1.82, 2.24) is 0 Å². The minimum atomic E-state index is -0.730. The van der Waals surface area contributed by atoms with Gasteiger partial charge in [0, 0.05) is 6.08 Å². The molecular formula is C30H38O10. The zero-order chi connectivity index (χ0) is 29.2. The Balaban J connectivity index is 1.54. The molecule has 0 aliphatic heterocycles. The predicted molar refractivity (Wildman–Crippen MR) is 142 cm³/mol. The second kappa shape index (κ2) is 14.6. The summed E-state index contributed by atoms with van der Waals surface area (Å²) in [7, 11) is 1.21. The van der Waals surface area contributed by atoms with Crippen molar-refractivity contribution in [2.24, 2.45) is 23.7 Å². The van der Waals surface area contributed by atoms with Gasteiger partial charge in [-0.05, 0) is 82.4 Å². The Kier molecular flexibility index (Phi) is 11.3. The highest BCUT2D eigenvalue weighted by atomic mass is 16.6. The fourth-order valence-corrected chi connectivity index (χ4v) is 4.98. The van der Waals surface area contributed by atoms with E-state index in [1.165, 1.54) is 25.3 Å². The molecular weight excluding hydrogens is 520 g/mol. The van der Waals surface area contributed by atoms with Gasteiger partial charge in [0.1, 0.15) is 29.8 Å². The zero-order valence-corrected chi connectivity index (χ0v) is 23.3. The van der Waals surface area contributed by atoms with E-state index in [1.54, 1.807) is 6.92 Å².